The first kappa shape index (κ1) is 17.6. The molecule has 0 radical (unpaired) electrons. The molecule has 0 fully saturated rings. The van der Waals surface area contributed by atoms with E-state index in [0.717, 1.165) is 5.56 Å². The van der Waals surface area contributed by atoms with Gasteiger partial charge in [0.1, 0.15) is 5.75 Å². The molecule has 0 aliphatic heterocycles. The zero-order chi connectivity index (χ0) is 17.5. The molecule has 0 aliphatic carbocycles. The Labute approximate surface area is 145 Å². The van der Waals surface area contributed by atoms with Gasteiger partial charge in [0.2, 0.25) is 5.91 Å². The van der Waals surface area contributed by atoms with Gasteiger partial charge in [-0.2, -0.15) is 0 Å². The number of hydrogen-bond acceptors (Lipinski definition) is 3. The van der Waals surface area contributed by atoms with E-state index in [9.17, 15) is 9.59 Å². The van der Waals surface area contributed by atoms with Gasteiger partial charge in [0.05, 0.1) is 7.11 Å². The van der Waals surface area contributed by atoms with Crippen LogP contribution in [-0.4, -0.2) is 19.0 Å². The lowest BCUT2D eigenvalue weighted by Gasteiger charge is -2.13. The molecule has 7 heteroatoms. The number of halogens is 1. The van der Waals surface area contributed by atoms with Gasteiger partial charge in [-0.05, 0) is 36.4 Å². The van der Waals surface area contributed by atoms with E-state index >= 15 is 0 Å². The summed E-state index contributed by atoms with van der Waals surface area (Å²) in [5.41, 5.74) is 1.97. The number of amides is 3. The molecule has 3 amide bonds. The highest BCUT2D eigenvalue weighted by molar-refractivity contribution is 6.30. The van der Waals surface area contributed by atoms with Crippen LogP contribution in [0.25, 0.3) is 0 Å². The average molecular weight is 348 g/mol. The van der Waals surface area contributed by atoms with Crippen molar-refractivity contribution < 1.29 is 14.3 Å². The van der Waals surface area contributed by atoms with Gasteiger partial charge < -0.3 is 20.7 Å². The second kappa shape index (κ2) is 8.21. The van der Waals surface area contributed by atoms with Crippen molar-refractivity contribution in [1.82, 2.24) is 5.32 Å². The van der Waals surface area contributed by atoms with E-state index in [1.54, 1.807) is 49.6 Å². The Hall–Kier alpha value is -2.73. The largest absolute Gasteiger partial charge is 0.496 e. The van der Waals surface area contributed by atoms with Crippen LogP contribution in [0, 0.1) is 0 Å². The quantitative estimate of drug-likeness (QED) is 0.772. The highest BCUT2D eigenvalue weighted by Crippen LogP contribution is 2.22. The molecular formula is C17H18ClN3O3. The van der Waals surface area contributed by atoms with Crippen LogP contribution in [-0.2, 0) is 11.3 Å². The highest BCUT2D eigenvalue weighted by Gasteiger charge is 2.08. The molecule has 0 atom stereocenters. The first-order valence-electron chi connectivity index (χ1n) is 7.23. The van der Waals surface area contributed by atoms with Gasteiger partial charge >= 0.3 is 6.03 Å². The number of nitrogens with one attached hydrogen (secondary N) is 3. The molecule has 2 aromatic rings. The number of ether oxygens (including phenoxy) is 1. The molecule has 0 aromatic heterocycles. The van der Waals surface area contributed by atoms with Gasteiger partial charge in [-0.25, -0.2) is 4.79 Å². The lowest BCUT2D eigenvalue weighted by atomic mass is 10.1. The third-order valence-electron chi connectivity index (χ3n) is 3.12. The molecule has 0 saturated heterocycles. The molecule has 0 unspecified atom stereocenters. The fourth-order valence-corrected chi connectivity index (χ4v) is 2.31. The summed E-state index contributed by atoms with van der Waals surface area (Å²) in [5, 5.41) is 8.66. The number of hydrogen-bond donors (Lipinski definition) is 3. The Balaban J connectivity index is 2.01. The van der Waals surface area contributed by atoms with Crippen molar-refractivity contribution in [2.45, 2.75) is 13.5 Å². The Bertz CT molecular complexity index is 750. The molecule has 6 nitrogen and oxygen atoms in total. The molecule has 3 N–H and O–H groups in total. The van der Waals surface area contributed by atoms with E-state index in [1.165, 1.54) is 6.92 Å². The first-order chi connectivity index (χ1) is 11.5. The molecule has 0 spiro atoms. The first-order valence-corrected chi connectivity index (χ1v) is 7.60. The van der Waals surface area contributed by atoms with E-state index in [0.29, 0.717) is 22.1 Å². The minimum Gasteiger partial charge on any atom is -0.496 e. The molecule has 2 aromatic carbocycles. The monoisotopic (exact) mass is 347 g/mol. The van der Waals surface area contributed by atoms with Gasteiger partial charge in [-0.1, -0.05) is 17.7 Å². The average Bonchev–Trinajstić information content (AvgIpc) is 2.52. The van der Waals surface area contributed by atoms with Gasteiger partial charge in [0.25, 0.3) is 0 Å². The van der Waals surface area contributed by atoms with Gasteiger partial charge in [0.15, 0.2) is 0 Å². The van der Waals surface area contributed by atoms with Crippen LogP contribution >= 0.6 is 11.6 Å². The van der Waals surface area contributed by atoms with Crippen molar-refractivity contribution in [3.63, 3.8) is 0 Å². The third kappa shape index (κ3) is 5.17. The van der Waals surface area contributed by atoms with Crippen molar-refractivity contribution >= 4 is 34.9 Å². The lowest BCUT2D eigenvalue weighted by molar-refractivity contribution is -0.114. The normalized spacial score (nSPS) is 9.96. The zero-order valence-electron chi connectivity index (χ0n) is 13.4. The number of urea groups is 1. The van der Waals surface area contributed by atoms with E-state index in [2.05, 4.69) is 16.0 Å². The topological polar surface area (TPSA) is 79.5 Å². The second-order valence-corrected chi connectivity index (χ2v) is 5.46. The zero-order valence-corrected chi connectivity index (χ0v) is 14.1. The van der Waals surface area contributed by atoms with Crippen LogP contribution in [0.2, 0.25) is 5.02 Å². The van der Waals surface area contributed by atoms with Gasteiger partial charge in [0, 0.05) is 35.4 Å². The number of rotatable bonds is 5. The summed E-state index contributed by atoms with van der Waals surface area (Å²) >= 11 is 5.88. The van der Waals surface area contributed by atoms with E-state index in [1.807, 2.05) is 0 Å². The number of methoxy groups -OCH3 is 1. The summed E-state index contributed by atoms with van der Waals surface area (Å²) in [7, 11) is 1.54. The standard InChI is InChI=1S/C17H18ClN3O3/c1-11(22)20-15-6-7-16(24-2)12(8-15)10-19-17(23)21-14-5-3-4-13(18)9-14/h3-9H,10H2,1-2H3,(H,20,22)(H2,19,21,23). The Morgan fingerprint density at radius 3 is 2.50 bits per heavy atom. The summed E-state index contributed by atoms with van der Waals surface area (Å²) in [6, 6.07) is 11.7. The molecular weight excluding hydrogens is 330 g/mol. The minimum absolute atomic E-state index is 0.169. The van der Waals surface area contributed by atoms with Crippen molar-refractivity contribution in [3.8, 4) is 5.75 Å². The molecule has 126 valence electrons. The van der Waals surface area contributed by atoms with Crippen LogP contribution in [0.5, 0.6) is 5.75 Å². The molecule has 0 bridgehead atoms. The summed E-state index contributed by atoms with van der Waals surface area (Å²) < 4.78 is 5.27. The van der Waals surface area contributed by atoms with Crippen molar-refractivity contribution in [2.75, 3.05) is 17.7 Å². The van der Waals surface area contributed by atoms with Gasteiger partial charge in [-0.15, -0.1) is 0 Å². The van der Waals surface area contributed by atoms with Crippen LogP contribution < -0.4 is 20.7 Å². The SMILES string of the molecule is COc1ccc(NC(C)=O)cc1CNC(=O)Nc1cccc(Cl)c1. The maximum absolute atomic E-state index is 12.0. The summed E-state index contributed by atoms with van der Waals surface area (Å²) in [6.07, 6.45) is 0. The second-order valence-electron chi connectivity index (χ2n) is 5.03. The summed E-state index contributed by atoms with van der Waals surface area (Å²) in [4.78, 5) is 23.1. The van der Waals surface area contributed by atoms with Crippen LogP contribution in [0.1, 0.15) is 12.5 Å². The van der Waals surface area contributed by atoms with Crippen LogP contribution in [0.15, 0.2) is 42.5 Å². The van der Waals surface area contributed by atoms with Crippen molar-refractivity contribution in [2.24, 2.45) is 0 Å². The summed E-state index contributed by atoms with van der Waals surface area (Å²) in [5.74, 6) is 0.449. The number of anilines is 2. The molecule has 0 heterocycles. The van der Waals surface area contributed by atoms with Gasteiger partial charge in [-0.3, -0.25) is 4.79 Å². The maximum Gasteiger partial charge on any atom is 0.319 e. The molecule has 0 saturated carbocycles. The Kier molecular flexibility index (Phi) is 6.03. The molecule has 2 rings (SSSR count). The maximum atomic E-state index is 12.0. The smallest absolute Gasteiger partial charge is 0.319 e. The number of benzene rings is 2. The fourth-order valence-electron chi connectivity index (χ4n) is 2.11. The number of carbonyl (C=O) groups excluding carboxylic acids is 2. The number of carbonyl (C=O) groups is 2. The van der Waals surface area contributed by atoms with E-state index in [-0.39, 0.29) is 18.5 Å². The Morgan fingerprint density at radius 2 is 1.83 bits per heavy atom. The predicted molar refractivity (Wildman–Crippen MR) is 94.6 cm³/mol. The third-order valence-corrected chi connectivity index (χ3v) is 3.36. The van der Waals surface area contributed by atoms with E-state index in [4.69, 9.17) is 16.3 Å². The van der Waals surface area contributed by atoms with Crippen molar-refractivity contribution in [3.05, 3.63) is 53.1 Å². The molecule has 0 aliphatic rings. The highest BCUT2D eigenvalue weighted by atomic mass is 35.5. The Morgan fingerprint density at radius 1 is 1.08 bits per heavy atom. The summed E-state index contributed by atoms with van der Waals surface area (Å²) in [6.45, 7) is 1.67. The fraction of sp³-hybridized carbons (Fsp3) is 0.176. The minimum atomic E-state index is -0.371. The van der Waals surface area contributed by atoms with Crippen molar-refractivity contribution in [1.29, 1.82) is 0 Å². The lowest BCUT2D eigenvalue weighted by Crippen LogP contribution is -2.28. The van der Waals surface area contributed by atoms with E-state index < -0.39 is 0 Å². The predicted octanol–water partition coefficient (Wildman–Crippen LogP) is 3.63. The molecule has 24 heavy (non-hydrogen) atoms. The van der Waals surface area contributed by atoms with Crippen LogP contribution in [0.3, 0.4) is 0 Å². The van der Waals surface area contributed by atoms with Crippen LogP contribution in [0.4, 0.5) is 16.2 Å².